The van der Waals surface area contributed by atoms with E-state index >= 15 is 0 Å². The summed E-state index contributed by atoms with van der Waals surface area (Å²) in [7, 11) is 0. The predicted octanol–water partition coefficient (Wildman–Crippen LogP) is 3.42. The number of benzene rings is 1. The summed E-state index contributed by atoms with van der Waals surface area (Å²) in [6, 6.07) is 7.71. The van der Waals surface area contributed by atoms with E-state index in [0.717, 1.165) is 30.9 Å². The molecule has 1 aromatic rings. The quantitative estimate of drug-likeness (QED) is 0.916. The zero-order chi connectivity index (χ0) is 14.4. The zero-order valence-electron chi connectivity index (χ0n) is 12.4. The number of hydrogen-bond donors (Lipinski definition) is 1. The van der Waals surface area contributed by atoms with Gasteiger partial charge in [0.25, 0.3) is 0 Å². The molecule has 1 fully saturated rings. The molecule has 2 rings (SSSR count). The average molecular weight is 276 g/mol. The smallest absolute Gasteiger partial charge is 0.411 e. The van der Waals surface area contributed by atoms with E-state index in [1.54, 1.807) is 0 Å². The number of likely N-dealkylation sites (tertiary alicyclic amines) is 1. The Hall–Kier alpha value is -1.55. The minimum atomic E-state index is -0.375. The second-order valence-corrected chi connectivity index (χ2v) is 5.57. The van der Waals surface area contributed by atoms with Crippen LogP contribution < -0.4 is 5.32 Å². The van der Waals surface area contributed by atoms with Gasteiger partial charge in [0.15, 0.2) is 0 Å². The molecule has 1 aliphatic heterocycles. The number of amides is 1. The Balaban J connectivity index is 1.75. The molecular formula is C16H24N2O2. The Morgan fingerprint density at radius 3 is 2.80 bits per heavy atom. The number of aryl methyl sites for hydroxylation is 1. The van der Waals surface area contributed by atoms with E-state index in [1.165, 1.54) is 19.3 Å². The lowest BCUT2D eigenvalue weighted by Crippen LogP contribution is -2.37. The highest BCUT2D eigenvalue weighted by Crippen LogP contribution is 2.12. The molecule has 1 atom stereocenters. The number of nitrogens with one attached hydrogen (secondary N) is 1. The fraction of sp³-hybridized carbons (Fsp3) is 0.562. The monoisotopic (exact) mass is 276 g/mol. The van der Waals surface area contributed by atoms with E-state index < -0.39 is 0 Å². The molecule has 1 aromatic carbocycles. The second-order valence-electron chi connectivity index (χ2n) is 5.57. The Kier molecular flexibility index (Phi) is 5.41. The standard InChI is InChI=1S/C16H24N2O2/c1-13-7-6-8-15(11-13)17-16(19)20-14(2)12-18-9-4-3-5-10-18/h6-8,11,14H,3-5,9-10,12H2,1-2H3,(H,17,19). The number of ether oxygens (including phenoxy) is 1. The van der Waals surface area contributed by atoms with Crippen LogP contribution in [0, 0.1) is 6.92 Å². The SMILES string of the molecule is Cc1cccc(NC(=O)OC(C)CN2CCCCC2)c1. The zero-order valence-corrected chi connectivity index (χ0v) is 12.4. The van der Waals surface area contributed by atoms with E-state index in [0.29, 0.717) is 0 Å². The first kappa shape index (κ1) is 14.9. The van der Waals surface area contributed by atoms with Crippen molar-refractivity contribution in [2.75, 3.05) is 25.0 Å². The molecule has 4 nitrogen and oxygen atoms in total. The molecule has 1 heterocycles. The van der Waals surface area contributed by atoms with Crippen LogP contribution >= 0.6 is 0 Å². The number of hydrogen-bond acceptors (Lipinski definition) is 3. The van der Waals surface area contributed by atoms with Gasteiger partial charge in [-0.2, -0.15) is 0 Å². The molecule has 0 saturated carbocycles. The molecule has 1 saturated heterocycles. The Labute approximate surface area is 121 Å². The van der Waals surface area contributed by atoms with Gasteiger partial charge in [-0.1, -0.05) is 18.6 Å². The van der Waals surface area contributed by atoms with Crippen LogP contribution in [-0.2, 0) is 4.74 Å². The molecule has 20 heavy (non-hydrogen) atoms. The number of carbonyl (C=O) groups excluding carboxylic acids is 1. The van der Waals surface area contributed by atoms with Gasteiger partial charge in [0.05, 0.1) is 0 Å². The van der Waals surface area contributed by atoms with E-state index in [4.69, 9.17) is 4.74 Å². The largest absolute Gasteiger partial charge is 0.445 e. The Bertz CT molecular complexity index is 442. The molecular weight excluding hydrogens is 252 g/mol. The van der Waals surface area contributed by atoms with Crippen molar-refractivity contribution in [3.05, 3.63) is 29.8 Å². The number of carbonyl (C=O) groups is 1. The third-order valence-corrected chi connectivity index (χ3v) is 3.54. The van der Waals surface area contributed by atoms with Crippen LogP contribution in [0.5, 0.6) is 0 Å². The van der Waals surface area contributed by atoms with Gasteiger partial charge in [0.2, 0.25) is 0 Å². The lowest BCUT2D eigenvalue weighted by atomic mass is 10.1. The fourth-order valence-corrected chi connectivity index (χ4v) is 2.60. The normalized spacial score (nSPS) is 17.5. The summed E-state index contributed by atoms with van der Waals surface area (Å²) in [4.78, 5) is 14.2. The van der Waals surface area contributed by atoms with Crippen LogP contribution in [0.25, 0.3) is 0 Å². The Morgan fingerprint density at radius 1 is 1.35 bits per heavy atom. The van der Waals surface area contributed by atoms with Crippen molar-refractivity contribution in [2.45, 2.75) is 39.2 Å². The first-order chi connectivity index (χ1) is 9.63. The van der Waals surface area contributed by atoms with Gasteiger partial charge in [0, 0.05) is 12.2 Å². The van der Waals surface area contributed by atoms with Crippen molar-refractivity contribution >= 4 is 11.8 Å². The van der Waals surface area contributed by atoms with Gasteiger partial charge in [-0.05, 0) is 57.5 Å². The summed E-state index contributed by atoms with van der Waals surface area (Å²) in [6.45, 7) is 7.00. The lowest BCUT2D eigenvalue weighted by molar-refractivity contribution is 0.0833. The Morgan fingerprint density at radius 2 is 2.10 bits per heavy atom. The molecule has 1 unspecified atom stereocenters. The number of anilines is 1. The molecule has 0 aromatic heterocycles. The van der Waals surface area contributed by atoms with Gasteiger partial charge in [0.1, 0.15) is 6.10 Å². The van der Waals surface area contributed by atoms with Crippen LogP contribution in [-0.4, -0.2) is 36.7 Å². The molecule has 1 aliphatic rings. The van der Waals surface area contributed by atoms with E-state index in [-0.39, 0.29) is 12.2 Å². The molecule has 110 valence electrons. The summed E-state index contributed by atoms with van der Waals surface area (Å²) in [5, 5.41) is 2.77. The molecule has 4 heteroatoms. The van der Waals surface area contributed by atoms with Gasteiger partial charge in [-0.25, -0.2) is 4.79 Å². The predicted molar refractivity (Wildman–Crippen MR) is 81.0 cm³/mol. The van der Waals surface area contributed by atoms with Crippen molar-refractivity contribution in [2.24, 2.45) is 0 Å². The van der Waals surface area contributed by atoms with Gasteiger partial charge < -0.3 is 4.74 Å². The maximum Gasteiger partial charge on any atom is 0.411 e. The fourth-order valence-electron chi connectivity index (χ4n) is 2.60. The maximum absolute atomic E-state index is 11.8. The molecule has 0 aliphatic carbocycles. The van der Waals surface area contributed by atoms with Gasteiger partial charge in [-0.3, -0.25) is 10.2 Å². The summed E-state index contributed by atoms with van der Waals surface area (Å²) in [6.07, 6.45) is 3.36. The van der Waals surface area contributed by atoms with Gasteiger partial charge >= 0.3 is 6.09 Å². The summed E-state index contributed by atoms with van der Waals surface area (Å²) in [5.41, 5.74) is 1.89. The average Bonchev–Trinajstić information content (AvgIpc) is 2.39. The maximum atomic E-state index is 11.8. The highest BCUT2D eigenvalue weighted by atomic mass is 16.6. The molecule has 1 amide bonds. The van der Waals surface area contributed by atoms with E-state index in [1.807, 2.05) is 38.1 Å². The lowest BCUT2D eigenvalue weighted by Gasteiger charge is -2.28. The molecule has 0 spiro atoms. The van der Waals surface area contributed by atoms with Crippen LogP contribution in [0.15, 0.2) is 24.3 Å². The first-order valence-electron chi connectivity index (χ1n) is 7.40. The third-order valence-electron chi connectivity index (χ3n) is 3.54. The third kappa shape index (κ3) is 4.85. The number of nitrogens with zero attached hydrogens (tertiary/aromatic N) is 1. The molecule has 0 bridgehead atoms. The van der Waals surface area contributed by atoms with Crippen molar-refractivity contribution in [3.8, 4) is 0 Å². The minimum absolute atomic E-state index is 0.0853. The summed E-state index contributed by atoms with van der Waals surface area (Å²) in [5.74, 6) is 0. The summed E-state index contributed by atoms with van der Waals surface area (Å²) >= 11 is 0. The highest BCUT2D eigenvalue weighted by Gasteiger charge is 2.16. The van der Waals surface area contributed by atoms with Gasteiger partial charge in [-0.15, -0.1) is 0 Å². The highest BCUT2D eigenvalue weighted by molar-refractivity contribution is 5.84. The topological polar surface area (TPSA) is 41.6 Å². The first-order valence-corrected chi connectivity index (χ1v) is 7.40. The van der Waals surface area contributed by atoms with E-state index in [2.05, 4.69) is 10.2 Å². The van der Waals surface area contributed by atoms with Crippen LogP contribution in [0.3, 0.4) is 0 Å². The van der Waals surface area contributed by atoms with Crippen molar-refractivity contribution in [1.29, 1.82) is 0 Å². The van der Waals surface area contributed by atoms with Crippen molar-refractivity contribution < 1.29 is 9.53 Å². The number of piperidine rings is 1. The summed E-state index contributed by atoms with van der Waals surface area (Å²) < 4.78 is 5.41. The number of rotatable bonds is 4. The van der Waals surface area contributed by atoms with E-state index in [9.17, 15) is 4.79 Å². The molecule has 0 radical (unpaired) electrons. The van der Waals surface area contributed by atoms with Crippen LogP contribution in [0.1, 0.15) is 31.7 Å². The minimum Gasteiger partial charge on any atom is -0.445 e. The van der Waals surface area contributed by atoms with Crippen LogP contribution in [0.4, 0.5) is 10.5 Å². The second kappa shape index (κ2) is 7.29. The van der Waals surface area contributed by atoms with Crippen molar-refractivity contribution in [1.82, 2.24) is 4.90 Å². The van der Waals surface area contributed by atoms with Crippen molar-refractivity contribution in [3.63, 3.8) is 0 Å². The molecule has 1 N–H and O–H groups in total. The van der Waals surface area contributed by atoms with Crippen LogP contribution in [0.2, 0.25) is 0 Å².